The van der Waals surface area contributed by atoms with E-state index >= 15 is 0 Å². The van der Waals surface area contributed by atoms with E-state index in [0.29, 0.717) is 13.1 Å². The summed E-state index contributed by atoms with van der Waals surface area (Å²) >= 11 is 0. The molecule has 2 aromatic rings. The maximum absolute atomic E-state index is 12.1. The number of carbonyl (C=O) groups is 1. The van der Waals surface area contributed by atoms with Crippen LogP contribution in [0.3, 0.4) is 0 Å². The second kappa shape index (κ2) is 7.16. The number of H-pyrrole nitrogens is 1. The molecule has 1 aliphatic heterocycles. The molecule has 6 nitrogen and oxygen atoms in total. The quantitative estimate of drug-likeness (QED) is 0.755. The normalized spacial score (nSPS) is 16.1. The maximum Gasteiger partial charge on any atom is 0.315 e. The van der Waals surface area contributed by atoms with Gasteiger partial charge in [0.15, 0.2) is 0 Å². The first-order valence-corrected chi connectivity index (χ1v) is 7.95. The number of benzene rings is 1. The highest BCUT2D eigenvalue weighted by Gasteiger charge is 2.20. The molecule has 120 valence electrons. The summed E-state index contributed by atoms with van der Waals surface area (Å²) in [6, 6.07) is 10.3. The van der Waals surface area contributed by atoms with E-state index < -0.39 is 0 Å². The minimum Gasteiger partial charge on any atom is -0.361 e. The van der Waals surface area contributed by atoms with Crippen LogP contribution in [0, 0.1) is 11.3 Å². The zero-order valence-corrected chi connectivity index (χ0v) is 13.0. The Kier molecular flexibility index (Phi) is 4.79. The number of aromatic nitrogens is 1. The van der Waals surface area contributed by atoms with Gasteiger partial charge in [0.25, 0.3) is 0 Å². The van der Waals surface area contributed by atoms with E-state index in [9.17, 15) is 4.79 Å². The number of piperidine rings is 1. The van der Waals surface area contributed by atoms with Crippen LogP contribution in [-0.4, -0.2) is 41.6 Å². The number of urea groups is 1. The van der Waals surface area contributed by atoms with Crippen LogP contribution < -0.4 is 10.6 Å². The van der Waals surface area contributed by atoms with Crippen molar-refractivity contribution in [1.29, 1.82) is 5.26 Å². The molecular formula is C17H21N5O. The van der Waals surface area contributed by atoms with E-state index in [1.807, 2.05) is 30.5 Å². The Morgan fingerprint density at radius 2 is 2.17 bits per heavy atom. The van der Waals surface area contributed by atoms with Crippen LogP contribution in [0.5, 0.6) is 0 Å². The predicted octanol–water partition coefficient (Wildman–Crippen LogP) is 1.96. The van der Waals surface area contributed by atoms with E-state index in [4.69, 9.17) is 5.26 Å². The molecule has 0 unspecified atom stereocenters. The number of amides is 2. The summed E-state index contributed by atoms with van der Waals surface area (Å²) in [6.45, 7) is 2.70. The van der Waals surface area contributed by atoms with E-state index in [2.05, 4.69) is 26.6 Å². The third kappa shape index (κ3) is 3.82. The predicted molar refractivity (Wildman–Crippen MR) is 88.7 cm³/mol. The molecule has 1 aromatic heterocycles. The van der Waals surface area contributed by atoms with Gasteiger partial charge in [-0.25, -0.2) is 4.79 Å². The maximum atomic E-state index is 12.1. The summed E-state index contributed by atoms with van der Waals surface area (Å²) in [5.74, 6) is 0. The SMILES string of the molecule is N#CCN1CCC(NC(=O)NCc2cccc3[nH]ccc23)CC1. The molecule has 1 aliphatic rings. The fraction of sp³-hybridized carbons (Fsp3) is 0.412. The molecule has 1 saturated heterocycles. The Labute approximate surface area is 135 Å². The van der Waals surface area contributed by atoms with Gasteiger partial charge in [0.1, 0.15) is 0 Å². The lowest BCUT2D eigenvalue weighted by atomic mass is 10.1. The third-order valence-corrected chi connectivity index (χ3v) is 4.34. The second-order valence-electron chi connectivity index (χ2n) is 5.89. The van der Waals surface area contributed by atoms with Crippen molar-refractivity contribution in [2.24, 2.45) is 0 Å². The molecule has 0 spiro atoms. The highest BCUT2D eigenvalue weighted by Crippen LogP contribution is 2.17. The van der Waals surface area contributed by atoms with Gasteiger partial charge in [0.2, 0.25) is 0 Å². The van der Waals surface area contributed by atoms with Crippen molar-refractivity contribution in [1.82, 2.24) is 20.5 Å². The number of fused-ring (bicyclic) bond motifs is 1. The molecule has 1 fully saturated rings. The molecule has 0 bridgehead atoms. The monoisotopic (exact) mass is 311 g/mol. The molecule has 0 saturated carbocycles. The number of nitriles is 1. The zero-order chi connectivity index (χ0) is 16.1. The first kappa shape index (κ1) is 15.4. The van der Waals surface area contributed by atoms with Gasteiger partial charge in [-0.05, 0) is 30.5 Å². The van der Waals surface area contributed by atoms with Gasteiger partial charge in [-0.15, -0.1) is 0 Å². The van der Waals surface area contributed by atoms with Gasteiger partial charge < -0.3 is 15.6 Å². The molecule has 1 aromatic carbocycles. The first-order chi connectivity index (χ1) is 11.3. The van der Waals surface area contributed by atoms with Gasteiger partial charge in [-0.1, -0.05) is 12.1 Å². The Balaban J connectivity index is 1.47. The van der Waals surface area contributed by atoms with Crippen molar-refractivity contribution in [3.63, 3.8) is 0 Å². The topological polar surface area (TPSA) is 83.9 Å². The first-order valence-electron chi connectivity index (χ1n) is 7.95. The highest BCUT2D eigenvalue weighted by atomic mass is 16.2. The van der Waals surface area contributed by atoms with Gasteiger partial charge >= 0.3 is 6.03 Å². The molecule has 3 rings (SSSR count). The van der Waals surface area contributed by atoms with Gasteiger partial charge in [0, 0.05) is 42.8 Å². The lowest BCUT2D eigenvalue weighted by molar-refractivity contribution is 0.205. The van der Waals surface area contributed by atoms with Crippen LogP contribution in [0.4, 0.5) is 4.79 Å². The van der Waals surface area contributed by atoms with Gasteiger partial charge in [-0.3, -0.25) is 4.90 Å². The molecule has 0 aliphatic carbocycles. The van der Waals surface area contributed by atoms with Crippen LogP contribution in [0.25, 0.3) is 10.9 Å². The smallest absolute Gasteiger partial charge is 0.315 e. The average Bonchev–Trinajstić information content (AvgIpc) is 3.04. The van der Waals surface area contributed by atoms with Crippen LogP contribution in [0.15, 0.2) is 30.5 Å². The minimum absolute atomic E-state index is 0.128. The largest absolute Gasteiger partial charge is 0.361 e. The van der Waals surface area contributed by atoms with Crippen LogP contribution in [0.1, 0.15) is 18.4 Å². The van der Waals surface area contributed by atoms with Crippen molar-refractivity contribution in [3.8, 4) is 6.07 Å². The van der Waals surface area contributed by atoms with E-state index in [1.165, 1.54) is 0 Å². The second-order valence-corrected chi connectivity index (χ2v) is 5.89. The third-order valence-electron chi connectivity index (χ3n) is 4.34. The van der Waals surface area contributed by atoms with Gasteiger partial charge in [-0.2, -0.15) is 5.26 Å². The Morgan fingerprint density at radius 3 is 2.96 bits per heavy atom. The molecule has 2 amide bonds. The fourth-order valence-corrected chi connectivity index (χ4v) is 3.05. The molecule has 0 atom stereocenters. The summed E-state index contributed by atoms with van der Waals surface area (Å²) in [4.78, 5) is 17.4. The van der Waals surface area contributed by atoms with Crippen molar-refractivity contribution in [3.05, 3.63) is 36.0 Å². The molecule has 23 heavy (non-hydrogen) atoms. The van der Waals surface area contributed by atoms with E-state index in [1.54, 1.807) is 0 Å². The van der Waals surface area contributed by atoms with Crippen LogP contribution in [0.2, 0.25) is 0 Å². The van der Waals surface area contributed by atoms with Crippen molar-refractivity contribution in [2.75, 3.05) is 19.6 Å². The average molecular weight is 311 g/mol. The number of rotatable bonds is 4. The molecule has 3 N–H and O–H groups in total. The Bertz CT molecular complexity index is 709. The number of carbonyl (C=O) groups excluding carboxylic acids is 1. The minimum atomic E-state index is -0.128. The highest BCUT2D eigenvalue weighted by molar-refractivity contribution is 5.83. The number of aromatic amines is 1. The van der Waals surface area contributed by atoms with Gasteiger partial charge in [0.05, 0.1) is 12.6 Å². The standard InChI is InChI=1S/C17H21N5O/c18-7-11-22-9-5-14(6-10-22)21-17(23)20-12-13-2-1-3-16-15(13)4-8-19-16/h1-4,8,14,19H,5-6,9-12H2,(H2,20,21,23). The number of likely N-dealkylation sites (tertiary alicyclic amines) is 1. The zero-order valence-electron chi connectivity index (χ0n) is 13.0. The molecule has 0 radical (unpaired) electrons. The lowest BCUT2D eigenvalue weighted by Crippen LogP contribution is -2.47. The molecule has 6 heteroatoms. The number of nitrogens with one attached hydrogen (secondary N) is 3. The molecule has 2 heterocycles. The van der Waals surface area contributed by atoms with E-state index in [-0.39, 0.29) is 12.1 Å². The summed E-state index contributed by atoms with van der Waals surface area (Å²) in [7, 11) is 0. The molecular weight excluding hydrogens is 290 g/mol. The van der Waals surface area contributed by atoms with Crippen molar-refractivity contribution >= 4 is 16.9 Å². The van der Waals surface area contributed by atoms with Crippen LogP contribution in [-0.2, 0) is 6.54 Å². The van der Waals surface area contributed by atoms with Crippen molar-refractivity contribution in [2.45, 2.75) is 25.4 Å². The number of hydrogen-bond acceptors (Lipinski definition) is 3. The lowest BCUT2D eigenvalue weighted by Gasteiger charge is -2.30. The summed E-state index contributed by atoms with van der Waals surface area (Å²) in [5, 5.41) is 15.8. The number of hydrogen-bond donors (Lipinski definition) is 3. The van der Waals surface area contributed by atoms with Crippen molar-refractivity contribution < 1.29 is 4.79 Å². The summed E-state index contributed by atoms with van der Waals surface area (Å²) < 4.78 is 0. The van der Waals surface area contributed by atoms with E-state index in [0.717, 1.165) is 42.4 Å². The summed E-state index contributed by atoms with van der Waals surface area (Å²) in [5.41, 5.74) is 2.18. The Morgan fingerprint density at radius 1 is 1.35 bits per heavy atom. The summed E-state index contributed by atoms with van der Waals surface area (Å²) in [6.07, 6.45) is 3.69. The number of nitrogens with zero attached hydrogens (tertiary/aromatic N) is 2. The fourth-order valence-electron chi connectivity index (χ4n) is 3.05. The Hall–Kier alpha value is -2.52. The van der Waals surface area contributed by atoms with Crippen LogP contribution >= 0.6 is 0 Å².